The maximum atomic E-state index is 15.2. The highest BCUT2D eigenvalue weighted by atomic mass is 19.3. The highest BCUT2D eigenvalue weighted by Gasteiger charge is 2.34. The van der Waals surface area contributed by atoms with Gasteiger partial charge in [0.1, 0.15) is 11.8 Å². The second-order valence-corrected chi connectivity index (χ2v) is 8.86. The fourth-order valence-corrected chi connectivity index (χ4v) is 4.72. The summed E-state index contributed by atoms with van der Waals surface area (Å²) in [6.45, 7) is 0.542. The molecule has 0 aliphatic carbocycles. The van der Waals surface area contributed by atoms with E-state index in [9.17, 15) is 23.2 Å². The van der Waals surface area contributed by atoms with Crippen LogP contribution in [0, 0.1) is 11.6 Å². The van der Waals surface area contributed by atoms with E-state index in [-0.39, 0.29) is 56.1 Å². The SMILES string of the molecule is Nc1cnc2c(c1)c(=O)n1n2CCN(c2c(F)cc(N3C[C@H](CCC(=O)C(F)F)OC3=O)cc2F)CC1. The molecule has 1 aromatic carbocycles. The Bertz CT molecular complexity index is 1430. The molecule has 0 spiro atoms. The van der Waals surface area contributed by atoms with Crippen molar-refractivity contribution in [1.29, 1.82) is 0 Å². The summed E-state index contributed by atoms with van der Waals surface area (Å²) in [5.74, 6) is -3.11. The zero-order valence-electron chi connectivity index (χ0n) is 19.4. The number of ether oxygens (including phenoxy) is 1. The summed E-state index contributed by atoms with van der Waals surface area (Å²) in [5.41, 5.74) is 5.81. The first kappa shape index (κ1) is 24.6. The number of alkyl halides is 2. The zero-order valence-corrected chi connectivity index (χ0v) is 19.4. The number of nitrogen functional groups attached to an aromatic ring is 1. The lowest BCUT2D eigenvalue weighted by Crippen LogP contribution is -2.30. The number of anilines is 3. The average molecular weight is 522 g/mol. The molecule has 1 amide bonds. The van der Waals surface area contributed by atoms with Crippen LogP contribution in [0.25, 0.3) is 11.0 Å². The minimum atomic E-state index is -3.11. The number of benzene rings is 1. The number of hydrogen-bond acceptors (Lipinski definition) is 7. The molecule has 2 aliphatic rings. The molecule has 1 atom stereocenters. The topological polar surface area (TPSA) is 116 Å². The Morgan fingerprint density at radius 2 is 1.76 bits per heavy atom. The zero-order chi connectivity index (χ0) is 26.4. The van der Waals surface area contributed by atoms with Crippen LogP contribution in [0.5, 0.6) is 0 Å². The smallest absolute Gasteiger partial charge is 0.414 e. The third-order valence-electron chi connectivity index (χ3n) is 6.51. The van der Waals surface area contributed by atoms with E-state index in [4.69, 9.17) is 10.5 Å². The number of cyclic esters (lactones) is 1. The van der Waals surface area contributed by atoms with Crippen LogP contribution in [-0.2, 0) is 22.6 Å². The number of fused-ring (bicyclic) bond motifs is 3. The van der Waals surface area contributed by atoms with Gasteiger partial charge in [0.05, 0.1) is 42.6 Å². The normalized spacial score (nSPS) is 17.9. The van der Waals surface area contributed by atoms with Crippen molar-refractivity contribution in [3.63, 3.8) is 0 Å². The Kier molecular flexibility index (Phi) is 6.25. The average Bonchev–Trinajstić information content (AvgIpc) is 3.24. The number of aromatic nitrogens is 3. The van der Waals surface area contributed by atoms with Crippen LogP contribution in [0.15, 0.2) is 29.2 Å². The second-order valence-electron chi connectivity index (χ2n) is 8.86. The Morgan fingerprint density at radius 3 is 2.43 bits per heavy atom. The third kappa shape index (κ3) is 4.47. The van der Waals surface area contributed by atoms with E-state index in [0.717, 1.165) is 17.0 Å². The summed E-state index contributed by atoms with van der Waals surface area (Å²) in [6, 6.07) is 3.52. The van der Waals surface area contributed by atoms with Crippen LogP contribution in [0.4, 0.5) is 39.4 Å². The monoisotopic (exact) mass is 522 g/mol. The van der Waals surface area contributed by atoms with E-state index >= 15 is 8.78 Å². The molecule has 1 fully saturated rings. The van der Waals surface area contributed by atoms with Gasteiger partial charge in [-0.15, -0.1) is 0 Å². The van der Waals surface area contributed by atoms with E-state index in [1.807, 2.05) is 0 Å². The third-order valence-corrected chi connectivity index (χ3v) is 6.51. The van der Waals surface area contributed by atoms with Gasteiger partial charge in [-0.3, -0.25) is 19.2 Å². The van der Waals surface area contributed by atoms with Crippen molar-refractivity contribution >= 4 is 40.0 Å². The molecule has 10 nitrogen and oxygen atoms in total. The van der Waals surface area contributed by atoms with E-state index in [2.05, 4.69) is 4.98 Å². The van der Waals surface area contributed by atoms with Gasteiger partial charge in [0.2, 0.25) is 0 Å². The highest BCUT2D eigenvalue weighted by molar-refractivity contribution is 5.90. The largest absolute Gasteiger partial charge is 0.444 e. The Morgan fingerprint density at radius 1 is 1.08 bits per heavy atom. The molecule has 37 heavy (non-hydrogen) atoms. The van der Waals surface area contributed by atoms with Gasteiger partial charge in [-0.1, -0.05) is 0 Å². The molecule has 2 aliphatic heterocycles. The van der Waals surface area contributed by atoms with Gasteiger partial charge >= 0.3 is 6.09 Å². The van der Waals surface area contributed by atoms with Crippen molar-refractivity contribution < 1.29 is 31.9 Å². The molecule has 2 aromatic heterocycles. The summed E-state index contributed by atoms with van der Waals surface area (Å²) in [5, 5.41) is 0.365. The van der Waals surface area contributed by atoms with Crippen LogP contribution >= 0.6 is 0 Å². The standard InChI is InChI=1S/C23H22F4N6O4/c24-16-8-13(31-11-14(37-23(31)36)1-2-18(34)20(26)27)9-17(25)19(16)30-3-5-32-21-15(7-12(28)10-29-21)22(35)33(32)6-4-30/h7-10,14,20H,1-6,11,28H2/t14-/m0/s1. The molecule has 0 bridgehead atoms. The Labute approximate surface area is 206 Å². The Balaban J connectivity index is 1.33. The van der Waals surface area contributed by atoms with Crippen LogP contribution in [0.3, 0.4) is 0 Å². The first-order chi connectivity index (χ1) is 17.6. The van der Waals surface area contributed by atoms with Crippen molar-refractivity contribution in [2.24, 2.45) is 0 Å². The van der Waals surface area contributed by atoms with Crippen molar-refractivity contribution in [2.75, 3.05) is 35.2 Å². The molecule has 2 N–H and O–H groups in total. The van der Waals surface area contributed by atoms with Gasteiger partial charge < -0.3 is 15.4 Å². The van der Waals surface area contributed by atoms with Gasteiger partial charge in [0.15, 0.2) is 23.1 Å². The summed E-state index contributed by atoms with van der Waals surface area (Å²) < 4.78 is 63.4. The molecule has 4 heterocycles. The molecule has 1 saturated heterocycles. The van der Waals surface area contributed by atoms with Crippen molar-refractivity contribution in [3.8, 4) is 0 Å². The Hall–Kier alpha value is -4.10. The lowest BCUT2D eigenvalue weighted by molar-refractivity contribution is -0.129. The summed E-state index contributed by atoms with van der Waals surface area (Å²) in [6.07, 6.45) is -4.05. The number of ketones is 1. The number of rotatable bonds is 6. The van der Waals surface area contributed by atoms with E-state index in [1.54, 1.807) is 10.7 Å². The molecule has 5 rings (SSSR count). The van der Waals surface area contributed by atoms with Gasteiger partial charge in [0.25, 0.3) is 12.0 Å². The van der Waals surface area contributed by atoms with E-state index in [1.165, 1.54) is 15.8 Å². The molecule has 14 heteroatoms. The molecule has 0 saturated carbocycles. The summed E-state index contributed by atoms with van der Waals surface area (Å²) in [4.78, 5) is 42.9. The molecule has 3 aromatic rings. The number of amides is 1. The van der Waals surface area contributed by atoms with Crippen LogP contribution < -0.4 is 21.1 Å². The quantitative estimate of drug-likeness (QED) is 0.495. The molecular weight excluding hydrogens is 500 g/mol. The second kappa shape index (κ2) is 9.41. The number of carbonyl (C=O) groups is 2. The first-order valence-corrected chi connectivity index (χ1v) is 11.5. The number of nitrogens with two attached hydrogens (primary N) is 1. The van der Waals surface area contributed by atoms with Crippen LogP contribution in [-0.4, -0.2) is 58.4 Å². The predicted molar refractivity (Wildman–Crippen MR) is 125 cm³/mol. The number of hydrogen-bond donors (Lipinski definition) is 1. The minimum absolute atomic E-state index is 0.100. The highest BCUT2D eigenvalue weighted by Crippen LogP contribution is 2.32. The lowest BCUT2D eigenvalue weighted by Gasteiger charge is -2.24. The van der Waals surface area contributed by atoms with Gasteiger partial charge in [-0.2, -0.15) is 0 Å². The van der Waals surface area contributed by atoms with Crippen LogP contribution in [0.1, 0.15) is 12.8 Å². The summed E-state index contributed by atoms with van der Waals surface area (Å²) in [7, 11) is 0. The lowest BCUT2D eigenvalue weighted by atomic mass is 10.1. The number of pyridine rings is 1. The van der Waals surface area contributed by atoms with E-state index < -0.39 is 42.5 Å². The number of carbonyl (C=O) groups excluding carboxylic acids is 2. The van der Waals surface area contributed by atoms with Crippen molar-refractivity contribution in [3.05, 3.63) is 46.4 Å². The van der Waals surface area contributed by atoms with Crippen molar-refractivity contribution in [2.45, 2.75) is 38.5 Å². The summed E-state index contributed by atoms with van der Waals surface area (Å²) >= 11 is 0. The maximum absolute atomic E-state index is 15.2. The van der Waals surface area contributed by atoms with Gasteiger partial charge in [-0.05, 0) is 12.5 Å². The van der Waals surface area contributed by atoms with Gasteiger partial charge in [-0.25, -0.2) is 32.0 Å². The van der Waals surface area contributed by atoms with Crippen molar-refractivity contribution in [1.82, 2.24) is 14.3 Å². The van der Waals surface area contributed by atoms with E-state index in [0.29, 0.717) is 16.7 Å². The van der Waals surface area contributed by atoms with Crippen LogP contribution in [0.2, 0.25) is 0 Å². The molecule has 0 radical (unpaired) electrons. The fraction of sp³-hybridized carbons (Fsp3) is 0.391. The molecule has 0 unspecified atom stereocenters. The maximum Gasteiger partial charge on any atom is 0.414 e. The predicted octanol–water partition coefficient (Wildman–Crippen LogP) is 2.52. The first-order valence-electron chi connectivity index (χ1n) is 11.5. The van der Waals surface area contributed by atoms with Gasteiger partial charge in [0, 0.05) is 31.6 Å². The fourth-order valence-electron chi connectivity index (χ4n) is 4.72. The minimum Gasteiger partial charge on any atom is -0.444 e. The number of Topliss-reactive ketones (excluding diaryl/α,β-unsaturated/α-hetero) is 1. The number of halogens is 4. The molecular formula is C23H22F4N6O4. The molecule has 196 valence electrons. The number of nitrogens with zero attached hydrogens (tertiary/aromatic N) is 5.